The Kier molecular flexibility index (Phi) is 6.73. The molecule has 1 aliphatic rings. The highest BCUT2D eigenvalue weighted by molar-refractivity contribution is 7.89. The lowest BCUT2D eigenvalue weighted by atomic mass is 10.1. The van der Waals surface area contributed by atoms with E-state index in [4.69, 9.17) is 27.9 Å². The van der Waals surface area contributed by atoms with E-state index < -0.39 is 15.9 Å². The SMILES string of the molecule is COc1ccc(C)cc1CCNC(=O)c1cc(S(=O)(=O)NC2CC2)c(Cl)cc1Cl. The first-order valence-corrected chi connectivity index (χ1v) is 11.4. The van der Waals surface area contributed by atoms with Crippen LogP contribution in [0.25, 0.3) is 0 Å². The number of halogens is 2. The average Bonchev–Trinajstić information content (AvgIpc) is 3.44. The fourth-order valence-corrected chi connectivity index (χ4v) is 5.07. The van der Waals surface area contributed by atoms with Crippen LogP contribution in [0.15, 0.2) is 35.2 Å². The van der Waals surface area contributed by atoms with E-state index in [0.29, 0.717) is 13.0 Å². The van der Waals surface area contributed by atoms with Crippen molar-refractivity contribution in [2.24, 2.45) is 0 Å². The molecule has 9 heteroatoms. The normalized spacial score (nSPS) is 13.9. The molecule has 0 saturated heterocycles. The summed E-state index contributed by atoms with van der Waals surface area (Å²) < 4.78 is 32.9. The van der Waals surface area contributed by atoms with E-state index in [9.17, 15) is 13.2 Å². The van der Waals surface area contributed by atoms with Gasteiger partial charge in [0.05, 0.1) is 22.7 Å². The summed E-state index contributed by atoms with van der Waals surface area (Å²) in [5.74, 6) is 0.273. The monoisotopic (exact) mass is 456 g/mol. The molecule has 0 unspecified atom stereocenters. The molecule has 1 aliphatic carbocycles. The maximum absolute atomic E-state index is 12.6. The Hall–Kier alpha value is -1.80. The van der Waals surface area contributed by atoms with E-state index in [1.54, 1.807) is 7.11 Å². The molecular formula is C20H22Cl2N2O4S. The van der Waals surface area contributed by atoms with E-state index in [1.165, 1.54) is 12.1 Å². The minimum absolute atomic E-state index is 0.0239. The number of ether oxygens (including phenoxy) is 1. The molecule has 2 N–H and O–H groups in total. The van der Waals surface area contributed by atoms with Crippen LogP contribution in [0.1, 0.15) is 34.3 Å². The summed E-state index contributed by atoms with van der Waals surface area (Å²) in [6, 6.07) is 8.25. The van der Waals surface area contributed by atoms with Crippen LogP contribution in [0, 0.1) is 6.92 Å². The van der Waals surface area contributed by atoms with Gasteiger partial charge in [-0.2, -0.15) is 0 Å². The van der Waals surface area contributed by atoms with E-state index in [-0.39, 0.29) is 26.5 Å². The molecule has 2 aromatic carbocycles. The minimum atomic E-state index is -3.81. The lowest BCUT2D eigenvalue weighted by molar-refractivity contribution is 0.0954. The first-order valence-electron chi connectivity index (χ1n) is 9.14. The maximum Gasteiger partial charge on any atom is 0.252 e. The molecule has 29 heavy (non-hydrogen) atoms. The lowest BCUT2D eigenvalue weighted by Crippen LogP contribution is -2.28. The first-order chi connectivity index (χ1) is 13.7. The molecule has 0 atom stereocenters. The number of methoxy groups -OCH3 is 1. The first kappa shape index (κ1) is 21.9. The highest BCUT2D eigenvalue weighted by Crippen LogP contribution is 2.30. The van der Waals surface area contributed by atoms with Crippen LogP contribution in [-0.2, 0) is 16.4 Å². The molecular weight excluding hydrogens is 435 g/mol. The molecule has 1 amide bonds. The van der Waals surface area contributed by atoms with Crippen molar-refractivity contribution >= 4 is 39.1 Å². The van der Waals surface area contributed by atoms with Crippen molar-refractivity contribution in [2.45, 2.75) is 37.1 Å². The van der Waals surface area contributed by atoms with Crippen LogP contribution in [0.4, 0.5) is 0 Å². The van der Waals surface area contributed by atoms with Gasteiger partial charge >= 0.3 is 0 Å². The Balaban J connectivity index is 1.74. The second-order valence-corrected chi connectivity index (χ2v) is 9.48. The fraction of sp³-hybridized carbons (Fsp3) is 0.350. The molecule has 6 nitrogen and oxygen atoms in total. The number of rotatable bonds is 8. The molecule has 0 bridgehead atoms. The Morgan fingerprint density at radius 2 is 1.90 bits per heavy atom. The van der Waals surface area contributed by atoms with Crippen molar-refractivity contribution in [1.29, 1.82) is 0 Å². The maximum atomic E-state index is 12.6. The van der Waals surface area contributed by atoms with Gasteiger partial charge in [0.1, 0.15) is 10.6 Å². The molecule has 0 radical (unpaired) electrons. The number of nitrogens with one attached hydrogen (secondary N) is 2. The molecule has 0 aromatic heterocycles. The molecule has 1 saturated carbocycles. The van der Waals surface area contributed by atoms with Gasteiger partial charge in [-0.15, -0.1) is 0 Å². The van der Waals surface area contributed by atoms with E-state index >= 15 is 0 Å². The second kappa shape index (κ2) is 8.92. The third-order valence-corrected chi connectivity index (χ3v) is 6.87. The quantitative estimate of drug-likeness (QED) is 0.633. The molecule has 0 spiro atoms. The van der Waals surface area contributed by atoms with Crippen molar-refractivity contribution in [3.05, 3.63) is 57.1 Å². The van der Waals surface area contributed by atoms with Crippen molar-refractivity contribution in [2.75, 3.05) is 13.7 Å². The number of aryl methyl sites for hydroxylation is 1. The largest absolute Gasteiger partial charge is 0.496 e. The standard InChI is InChI=1S/C20H22Cl2N2O4S/c1-12-3-6-18(28-2)13(9-12)7-8-23-20(25)15-10-19(17(22)11-16(15)21)29(26,27)24-14-4-5-14/h3,6,9-11,14,24H,4-5,7-8H2,1-2H3,(H,23,25). The second-order valence-electron chi connectivity index (χ2n) is 6.98. The van der Waals surface area contributed by atoms with E-state index in [0.717, 1.165) is 29.7 Å². The van der Waals surface area contributed by atoms with Crippen LogP contribution >= 0.6 is 23.2 Å². The molecule has 1 fully saturated rings. The van der Waals surface area contributed by atoms with Gasteiger partial charge in [0.15, 0.2) is 0 Å². The summed E-state index contributed by atoms with van der Waals surface area (Å²) in [6.07, 6.45) is 2.14. The number of benzene rings is 2. The smallest absolute Gasteiger partial charge is 0.252 e. The van der Waals surface area contributed by atoms with Gasteiger partial charge in [-0.05, 0) is 49.9 Å². The predicted octanol–water partition coefficient (Wildman–Crippen LogP) is 3.72. The van der Waals surface area contributed by atoms with Crippen LogP contribution in [0.2, 0.25) is 10.0 Å². The highest BCUT2D eigenvalue weighted by Gasteiger charge is 2.30. The topological polar surface area (TPSA) is 84.5 Å². The number of hydrogen-bond donors (Lipinski definition) is 2. The van der Waals surface area contributed by atoms with Gasteiger partial charge in [-0.25, -0.2) is 13.1 Å². The van der Waals surface area contributed by atoms with E-state index in [2.05, 4.69) is 10.0 Å². The molecule has 2 aromatic rings. The Morgan fingerprint density at radius 3 is 2.55 bits per heavy atom. The van der Waals surface area contributed by atoms with E-state index in [1.807, 2.05) is 25.1 Å². The number of carbonyl (C=O) groups excluding carboxylic acids is 1. The third kappa shape index (κ3) is 5.42. The van der Waals surface area contributed by atoms with Crippen molar-refractivity contribution in [3.8, 4) is 5.75 Å². The minimum Gasteiger partial charge on any atom is -0.496 e. The van der Waals surface area contributed by atoms with Gasteiger partial charge in [0.2, 0.25) is 10.0 Å². The van der Waals surface area contributed by atoms with Crippen molar-refractivity contribution < 1.29 is 17.9 Å². The number of hydrogen-bond acceptors (Lipinski definition) is 4. The summed E-state index contributed by atoms with van der Waals surface area (Å²) in [6.45, 7) is 2.31. The van der Waals surface area contributed by atoms with Gasteiger partial charge in [0.25, 0.3) is 5.91 Å². The Bertz CT molecular complexity index is 1040. The summed E-state index contributed by atoms with van der Waals surface area (Å²) >= 11 is 12.2. The molecule has 3 rings (SSSR count). The average molecular weight is 457 g/mol. The van der Waals surface area contributed by atoms with Crippen LogP contribution in [0.3, 0.4) is 0 Å². The van der Waals surface area contributed by atoms with Gasteiger partial charge in [0, 0.05) is 12.6 Å². The van der Waals surface area contributed by atoms with Gasteiger partial charge < -0.3 is 10.1 Å². The highest BCUT2D eigenvalue weighted by atomic mass is 35.5. The number of amides is 1. The summed E-state index contributed by atoms with van der Waals surface area (Å²) in [5.41, 5.74) is 2.11. The van der Waals surface area contributed by atoms with Gasteiger partial charge in [-0.1, -0.05) is 40.9 Å². The summed E-state index contributed by atoms with van der Waals surface area (Å²) in [7, 11) is -2.22. The zero-order chi connectivity index (χ0) is 21.2. The van der Waals surface area contributed by atoms with Crippen LogP contribution < -0.4 is 14.8 Å². The van der Waals surface area contributed by atoms with Crippen LogP contribution in [0.5, 0.6) is 5.75 Å². The summed E-state index contributed by atoms with van der Waals surface area (Å²) in [4.78, 5) is 12.5. The Morgan fingerprint density at radius 1 is 1.17 bits per heavy atom. The zero-order valence-electron chi connectivity index (χ0n) is 16.1. The van der Waals surface area contributed by atoms with Gasteiger partial charge in [-0.3, -0.25) is 4.79 Å². The predicted molar refractivity (Wildman–Crippen MR) is 114 cm³/mol. The number of sulfonamides is 1. The Labute approximate surface area is 180 Å². The molecule has 0 heterocycles. The third-order valence-electron chi connectivity index (χ3n) is 4.57. The number of carbonyl (C=O) groups is 1. The lowest BCUT2D eigenvalue weighted by Gasteiger charge is -2.13. The van der Waals surface area contributed by atoms with Crippen molar-refractivity contribution in [1.82, 2.24) is 10.0 Å². The zero-order valence-corrected chi connectivity index (χ0v) is 18.4. The fourth-order valence-electron chi connectivity index (χ4n) is 2.90. The molecule has 156 valence electrons. The van der Waals surface area contributed by atoms with Crippen LogP contribution in [-0.4, -0.2) is 34.0 Å². The summed E-state index contributed by atoms with van der Waals surface area (Å²) in [5, 5.41) is 2.84. The molecule has 0 aliphatic heterocycles. The van der Waals surface area contributed by atoms with Crippen molar-refractivity contribution in [3.63, 3.8) is 0 Å².